The summed E-state index contributed by atoms with van der Waals surface area (Å²) in [6, 6.07) is 2.73. The lowest BCUT2D eigenvalue weighted by molar-refractivity contribution is 0.148. The first-order chi connectivity index (χ1) is 6.56. The van der Waals surface area contributed by atoms with Crippen LogP contribution in [-0.2, 0) is 6.42 Å². The van der Waals surface area contributed by atoms with Gasteiger partial charge < -0.3 is 4.98 Å². The van der Waals surface area contributed by atoms with E-state index in [1.165, 1.54) is 0 Å². The van der Waals surface area contributed by atoms with Crippen LogP contribution in [0.15, 0.2) is 15.5 Å². The monoisotopic (exact) mass is 262 g/mol. The number of nitrogens with one attached hydrogen (secondary N) is 1. The Bertz CT molecular complexity index is 436. The Labute approximate surface area is 86.5 Å². The topological polar surface area (TPSA) is 56.6 Å². The van der Waals surface area contributed by atoms with Crippen LogP contribution in [0.4, 0.5) is 8.78 Å². The maximum absolute atomic E-state index is 12.4. The molecule has 0 aliphatic heterocycles. The Morgan fingerprint density at radius 3 is 2.79 bits per heavy atom. The van der Waals surface area contributed by atoms with Gasteiger partial charge in [-0.25, -0.2) is 8.78 Å². The van der Waals surface area contributed by atoms with Gasteiger partial charge in [0, 0.05) is 11.8 Å². The van der Waals surface area contributed by atoms with E-state index >= 15 is 0 Å². The number of H-pyrrole nitrogens is 1. The molecule has 1 rings (SSSR count). The molecule has 0 bridgehead atoms. The van der Waals surface area contributed by atoms with E-state index in [1.54, 1.807) is 6.07 Å². The number of pyridine rings is 1. The molecule has 1 aromatic heterocycles. The second-order valence-electron chi connectivity index (χ2n) is 2.51. The molecule has 0 aliphatic carbocycles. The second-order valence-corrected chi connectivity index (χ2v) is 3.36. The molecule has 0 amide bonds. The Balaban J connectivity index is 3.38. The molecule has 0 aromatic carbocycles. The maximum Gasteiger partial charge on any atom is 0.269 e. The number of rotatable bonds is 2. The van der Waals surface area contributed by atoms with Crippen LogP contribution in [0.3, 0.4) is 0 Å². The molecule has 1 aromatic rings. The normalized spacial score (nSPS) is 10.2. The van der Waals surface area contributed by atoms with Crippen LogP contribution in [0.5, 0.6) is 0 Å². The fraction of sp³-hybridized carbons (Fsp3) is 0.250. The third-order valence-electron chi connectivity index (χ3n) is 1.59. The summed E-state index contributed by atoms with van der Waals surface area (Å²) < 4.78 is 25.1. The van der Waals surface area contributed by atoms with Crippen molar-refractivity contribution in [3.63, 3.8) is 0 Å². The number of hydrogen-bond donors (Lipinski definition) is 1. The highest BCUT2D eigenvalue weighted by molar-refractivity contribution is 9.10. The smallest absolute Gasteiger partial charge is 0.269 e. The van der Waals surface area contributed by atoms with Crippen LogP contribution in [-0.4, -0.2) is 4.98 Å². The highest BCUT2D eigenvalue weighted by Gasteiger charge is 2.17. The zero-order chi connectivity index (χ0) is 10.7. The van der Waals surface area contributed by atoms with E-state index in [0.717, 1.165) is 6.07 Å². The Kier molecular flexibility index (Phi) is 3.36. The maximum atomic E-state index is 12.4. The van der Waals surface area contributed by atoms with Crippen LogP contribution < -0.4 is 5.43 Å². The first-order valence-electron chi connectivity index (χ1n) is 3.63. The van der Waals surface area contributed by atoms with Crippen molar-refractivity contribution in [2.75, 3.05) is 0 Å². The summed E-state index contributed by atoms with van der Waals surface area (Å²) in [5.74, 6) is 0. The highest BCUT2D eigenvalue weighted by Crippen LogP contribution is 2.19. The van der Waals surface area contributed by atoms with Gasteiger partial charge in [-0.05, 0) is 15.9 Å². The first-order valence-corrected chi connectivity index (χ1v) is 4.42. The molecule has 74 valence electrons. The lowest BCUT2D eigenvalue weighted by Gasteiger charge is -2.05. The number of nitrogens with zero attached hydrogens (tertiary/aromatic N) is 1. The van der Waals surface area contributed by atoms with Crippen molar-refractivity contribution in [1.82, 2.24) is 4.98 Å². The summed E-state index contributed by atoms with van der Waals surface area (Å²) in [6.07, 6.45) is -3.11. The lowest BCUT2D eigenvalue weighted by Crippen LogP contribution is -2.13. The molecule has 0 fully saturated rings. The second kappa shape index (κ2) is 4.33. The van der Waals surface area contributed by atoms with Gasteiger partial charge in [-0.3, -0.25) is 4.79 Å². The summed E-state index contributed by atoms with van der Waals surface area (Å²) in [6.45, 7) is 0. The van der Waals surface area contributed by atoms with E-state index in [1.807, 2.05) is 0 Å². The number of alkyl halides is 2. The standard InChI is InChI=1S/C8H5BrF2N2O/c9-6-3-5(14)7(8(10)11)4(13-6)1-2-12/h3,8H,1H2,(H,13,14). The van der Waals surface area contributed by atoms with Crippen molar-refractivity contribution in [2.45, 2.75) is 12.8 Å². The number of hydrogen-bond acceptors (Lipinski definition) is 2. The third kappa shape index (κ3) is 2.17. The molecule has 3 nitrogen and oxygen atoms in total. The third-order valence-corrected chi connectivity index (χ3v) is 2.02. The van der Waals surface area contributed by atoms with Gasteiger partial charge in [0.05, 0.1) is 22.7 Å². The molecule has 0 saturated carbocycles. The van der Waals surface area contributed by atoms with Crippen molar-refractivity contribution in [3.05, 3.63) is 32.2 Å². The van der Waals surface area contributed by atoms with Crippen LogP contribution >= 0.6 is 15.9 Å². The molecule has 0 aliphatic rings. The Morgan fingerprint density at radius 1 is 1.64 bits per heavy atom. The molecule has 0 saturated heterocycles. The molecule has 6 heteroatoms. The minimum atomic E-state index is -2.87. The predicted octanol–water partition coefficient (Wildman–Crippen LogP) is 2.14. The molecule has 1 heterocycles. The molecular formula is C8H5BrF2N2O. The van der Waals surface area contributed by atoms with Gasteiger partial charge in [0.15, 0.2) is 5.43 Å². The molecule has 0 radical (unpaired) electrons. The molecule has 0 unspecified atom stereocenters. The van der Waals surface area contributed by atoms with E-state index in [4.69, 9.17) is 5.26 Å². The van der Waals surface area contributed by atoms with Gasteiger partial charge in [0.2, 0.25) is 0 Å². The van der Waals surface area contributed by atoms with Crippen molar-refractivity contribution in [1.29, 1.82) is 5.26 Å². The van der Waals surface area contributed by atoms with E-state index in [0.29, 0.717) is 0 Å². The fourth-order valence-corrected chi connectivity index (χ4v) is 1.49. The largest absolute Gasteiger partial charge is 0.352 e. The van der Waals surface area contributed by atoms with E-state index < -0.39 is 17.4 Å². The highest BCUT2D eigenvalue weighted by atomic mass is 79.9. The van der Waals surface area contributed by atoms with Crippen LogP contribution in [0.25, 0.3) is 0 Å². The molecule has 1 N–H and O–H groups in total. The molecule has 0 atom stereocenters. The number of aromatic amines is 1. The van der Waals surface area contributed by atoms with Crippen LogP contribution in [0.1, 0.15) is 17.7 Å². The summed E-state index contributed by atoms with van der Waals surface area (Å²) in [5, 5.41) is 8.38. The number of nitriles is 1. The van der Waals surface area contributed by atoms with Gasteiger partial charge in [-0.2, -0.15) is 5.26 Å². The van der Waals surface area contributed by atoms with Crippen LogP contribution in [0.2, 0.25) is 0 Å². The molecule has 14 heavy (non-hydrogen) atoms. The summed E-state index contributed by atoms with van der Waals surface area (Å²) in [5.41, 5.74) is -1.44. The van der Waals surface area contributed by atoms with Crippen molar-refractivity contribution in [2.24, 2.45) is 0 Å². The predicted molar refractivity (Wildman–Crippen MR) is 49.0 cm³/mol. The number of halogens is 3. The molecule has 0 spiro atoms. The summed E-state index contributed by atoms with van der Waals surface area (Å²) in [4.78, 5) is 13.7. The number of aromatic nitrogens is 1. The van der Waals surface area contributed by atoms with Gasteiger partial charge in [-0.15, -0.1) is 0 Å². The van der Waals surface area contributed by atoms with Crippen molar-refractivity contribution in [3.8, 4) is 6.07 Å². The van der Waals surface area contributed by atoms with E-state index in [2.05, 4.69) is 20.9 Å². The SMILES string of the molecule is N#CCc1[nH]c(Br)cc(=O)c1C(F)F. The van der Waals surface area contributed by atoms with Gasteiger partial charge in [0.1, 0.15) is 0 Å². The first kappa shape index (κ1) is 10.9. The van der Waals surface area contributed by atoms with Gasteiger partial charge in [0.25, 0.3) is 6.43 Å². The fourth-order valence-electron chi connectivity index (χ4n) is 1.05. The van der Waals surface area contributed by atoms with Crippen molar-refractivity contribution < 1.29 is 8.78 Å². The average Bonchev–Trinajstić information content (AvgIpc) is 2.01. The Hall–Kier alpha value is -1.22. The van der Waals surface area contributed by atoms with Crippen LogP contribution in [0, 0.1) is 11.3 Å². The summed E-state index contributed by atoms with van der Waals surface area (Å²) >= 11 is 2.96. The zero-order valence-electron chi connectivity index (χ0n) is 6.85. The minimum Gasteiger partial charge on any atom is -0.352 e. The van der Waals surface area contributed by atoms with Crippen molar-refractivity contribution >= 4 is 15.9 Å². The Morgan fingerprint density at radius 2 is 2.29 bits per heavy atom. The minimum absolute atomic E-state index is 0.0399. The van der Waals surface area contributed by atoms with Gasteiger partial charge >= 0.3 is 0 Å². The van der Waals surface area contributed by atoms with E-state index in [9.17, 15) is 13.6 Å². The lowest BCUT2D eigenvalue weighted by atomic mass is 10.1. The quantitative estimate of drug-likeness (QED) is 0.831. The zero-order valence-corrected chi connectivity index (χ0v) is 8.44. The van der Waals surface area contributed by atoms with E-state index in [-0.39, 0.29) is 16.7 Å². The van der Waals surface area contributed by atoms with Gasteiger partial charge in [-0.1, -0.05) is 0 Å². The summed E-state index contributed by atoms with van der Waals surface area (Å²) in [7, 11) is 0. The molecular weight excluding hydrogens is 258 g/mol. The average molecular weight is 263 g/mol.